The number of phosphoric acid groups is 1. The van der Waals surface area contributed by atoms with Crippen LogP contribution in [0.15, 0.2) is 0 Å². The maximum absolute atomic E-state index is 8.88. The molecule has 10 heteroatoms. The van der Waals surface area contributed by atoms with Gasteiger partial charge in [0.25, 0.3) is 0 Å². The van der Waals surface area contributed by atoms with Crippen LogP contribution in [0.3, 0.4) is 0 Å². The average molecular weight is 190 g/mol. The van der Waals surface area contributed by atoms with Gasteiger partial charge in [0.05, 0.1) is 0 Å². The van der Waals surface area contributed by atoms with Crippen LogP contribution < -0.4 is 37.7 Å². The molecule has 0 radical (unpaired) electrons. The van der Waals surface area contributed by atoms with E-state index in [9.17, 15) is 0 Å². The van der Waals surface area contributed by atoms with Crippen LogP contribution in [0.2, 0.25) is 0 Å². The van der Waals surface area contributed by atoms with Crippen molar-refractivity contribution in [3.8, 4) is 0 Å². The van der Waals surface area contributed by atoms with Crippen molar-refractivity contribution >= 4 is 35.3 Å². The second kappa shape index (κ2) is 17.1. The van der Waals surface area contributed by atoms with Gasteiger partial charge in [0.15, 0.2) is 17.4 Å². The summed E-state index contributed by atoms with van der Waals surface area (Å²) in [6, 6.07) is 0. The fourth-order valence-electron chi connectivity index (χ4n) is 0. The normalized spacial score (nSPS) is 6.30. The van der Waals surface area contributed by atoms with Gasteiger partial charge >= 0.3 is 45.5 Å². The zero-order chi connectivity index (χ0) is 6.50. The Bertz CT molecular complexity index is 83.3. The van der Waals surface area contributed by atoms with Crippen molar-refractivity contribution in [1.82, 2.24) is 0 Å². The Balaban J connectivity index is -0.00000000671. The first-order valence-corrected chi connectivity index (χ1v) is 3.21. The second-order valence-electron chi connectivity index (χ2n) is 0.513. The molecule has 5 nitrogen and oxygen atoms in total. The molecule has 0 aromatic carbocycles. The minimum atomic E-state index is -4.64. The Morgan fingerprint density at radius 3 is 1.10 bits per heavy atom. The van der Waals surface area contributed by atoms with Crippen molar-refractivity contribution in [3.05, 3.63) is 0 Å². The maximum Gasteiger partial charge on any atom is 1.00 e. The van der Waals surface area contributed by atoms with Crippen molar-refractivity contribution in [2.24, 2.45) is 0 Å². The molecular weight excluding hydrogens is 180 g/mol. The Kier molecular flexibility index (Phi) is 50.8. The molecule has 54 valence electrons. The van der Waals surface area contributed by atoms with Crippen LogP contribution in [0, 0.1) is 0 Å². The summed E-state index contributed by atoms with van der Waals surface area (Å²) in [5.74, 6) is 0. The third kappa shape index (κ3) is 225. The van der Waals surface area contributed by atoms with E-state index in [1.54, 1.807) is 0 Å². The van der Waals surface area contributed by atoms with Crippen molar-refractivity contribution in [2.45, 2.75) is 0 Å². The van der Waals surface area contributed by atoms with Crippen LogP contribution in [0.1, 0.15) is 2.85 Å². The zero-order valence-electron chi connectivity index (χ0n) is 7.31. The molecule has 0 aliphatic rings. The first-order valence-electron chi connectivity index (χ1n) is 1.07. The minimum absolute atomic E-state index is 0. The van der Waals surface area contributed by atoms with Gasteiger partial charge in [-0.15, -0.1) is 0 Å². The van der Waals surface area contributed by atoms with Crippen LogP contribution in [0.4, 0.5) is 0 Å². The standard InChI is InChI=1S/Al.2Li.H3O4P.H2OSi.5H/c;;;1-5(2,3)4;1-2;;;;;/h;;;(H3,1,2,3,4);2H2;;;;;/q;2*+1;;;;;;2*-1. The van der Waals surface area contributed by atoms with Gasteiger partial charge in [-0.1, -0.05) is 0 Å². The SMILES string of the molecule is O=P(O)(O)O.O=[SiH2].[AlH3].[H-].[H-].[Li+].[Li+]. The largest absolute Gasteiger partial charge is 1.00 e. The fraction of sp³-hybridized carbons (Fsp3) is 0. The molecule has 3 N–H and O–H groups in total. The van der Waals surface area contributed by atoms with Crippen molar-refractivity contribution < 1.29 is 64.3 Å². The van der Waals surface area contributed by atoms with E-state index in [0.717, 1.165) is 0 Å². The molecule has 0 unspecified atom stereocenters. The Hall–Kier alpha value is 1.85. The van der Waals surface area contributed by atoms with E-state index in [1.807, 2.05) is 0 Å². The molecule has 0 saturated heterocycles. The smallest absolute Gasteiger partial charge is 1.00 e. The molecule has 0 saturated carbocycles. The summed E-state index contributed by atoms with van der Waals surface area (Å²) in [7, 11) is -4.03. The van der Waals surface area contributed by atoms with Gasteiger partial charge in [0.2, 0.25) is 10.1 Å². The molecule has 0 fully saturated rings. The van der Waals surface area contributed by atoms with Crippen molar-refractivity contribution in [2.75, 3.05) is 0 Å². The van der Waals surface area contributed by atoms with E-state index >= 15 is 0 Å². The molecule has 0 bridgehead atoms. The summed E-state index contributed by atoms with van der Waals surface area (Å²) in [4.78, 5) is 21.6. The molecule has 0 atom stereocenters. The van der Waals surface area contributed by atoms with Gasteiger partial charge in [0, 0.05) is 0 Å². The summed E-state index contributed by atoms with van der Waals surface area (Å²) in [6.07, 6.45) is 0. The first kappa shape index (κ1) is 29.7. The van der Waals surface area contributed by atoms with Crippen LogP contribution in [-0.4, -0.2) is 42.2 Å². The zero-order valence-corrected chi connectivity index (χ0v) is 7.62. The van der Waals surface area contributed by atoms with E-state index in [2.05, 4.69) is 0 Å². The average Bonchev–Trinajstić information content (AvgIpc) is 1.36. The van der Waals surface area contributed by atoms with Gasteiger partial charge in [-0.25, -0.2) is 4.57 Å². The van der Waals surface area contributed by atoms with E-state index in [-0.39, 0.29) is 57.9 Å². The van der Waals surface area contributed by atoms with Gasteiger partial charge in [-0.3, -0.25) is 0 Å². The fourth-order valence-corrected chi connectivity index (χ4v) is 0. The van der Waals surface area contributed by atoms with Gasteiger partial charge in [-0.2, -0.15) is 0 Å². The summed E-state index contributed by atoms with van der Waals surface area (Å²) in [5, 5.41) is 0. The molecule has 0 amide bonds. The Labute approximate surface area is 99.1 Å². The molecule has 0 heterocycles. The molecular formula is H10AlLi2O5PSi. The van der Waals surface area contributed by atoms with Gasteiger partial charge in [-0.05, 0) is 0 Å². The first-order chi connectivity index (χ1) is 3.00. The second-order valence-corrected chi connectivity index (χ2v) is 1.54. The molecule has 0 aromatic rings. The van der Waals surface area contributed by atoms with Crippen molar-refractivity contribution in [3.63, 3.8) is 0 Å². The van der Waals surface area contributed by atoms with Crippen LogP contribution in [0.25, 0.3) is 0 Å². The predicted octanol–water partition coefficient (Wildman–Crippen LogP) is -8.91. The quantitative estimate of drug-likeness (QED) is 0.260. The third-order valence-corrected chi connectivity index (χ3v) is 0. The molecule has 0 aliphatic carbocycles. The molecule has 10 heavy (non-hydrogen) atoms. The Morgan fingerprint density at radius 2 is 1.10 bits per heavy atom. The summed E-state index contributed by atoms with van der Waals surface area (Å²) >= 11 is 0. The molecule has 0 rings (SSSR count). The Morgan fingerprint density at radius 1 is 1.10 bits per heavy atom. The van der Waals surface area contributed by atoms with Crippen LogP contribution in [0.5, 0.6) is 0 Å². The predicted molar refractivity (Wildman–Crippen MR) is 35.7 cm³/mol. The number of hydrogen-bond acceptors (Lipinski definition) is 2. The maximum atomic E-state index is 8.88. The summed E-state index contributed by atoms with van der Waals surface area (Å²) in [5.41, 5.74) is 0. The minimum Gasteiger partial charge on any atom is -1.00 e. The summed E-state index contributed by atoms with van der Waals surface area (Å²) in [6.45, 7) is 0. The van der Waals surface area contributed by atoms with E-state index < -0.39 is 7.82 Å². The summed E-state index contributed by atoms with van der Waals surface area (Å²) < 4.78 is 17.2. The molecule has 0 spiro atoms. The molecule has 0 aliphatic heterocycles. The van der Waals surface area contributed by atoms with Gasteiger partial charge in [0.1, 0.15) is 0 Å². The number of rotatable bonds is 0. The molecule has 0 aromatic heterocycles. The van der Waals surface area contributed by atoms with Crippen LogP contribution in [-0.2, 0) is 9.03 Å². The van der Waals surface area contributed by atoms with E-state index in [4.69, 9.17) is 23.7 Å². The third-order valence-electron chi connectivity index (χ3n) is 0. The number of hydrogen-bond donors (Lipinski definition) is 3. The van der Waals surface area contributed by atoms with E-state index in [1.165, 1.54) is 0 Å². The van der Waals surface area contributed by atoms with E-state index in [0.29, 0.717) is 10.1 Å². The van der Waals surface area contributed by atoms with Gasteiger partial charge < -0.3 is 22.0 Å². The van der Waals surface area contributed by atoms with Crippen LogP contribution >= 0.6 is 7.82 Å². The topological polar surface area (TPSA) is 94.8 Å². The van der Waals surface area contributed by atoms with Crippen molar-refractivity contribution in [1.29, 1.82) is 0 Å². The monoisotopic (exact) mass is 190 g/mol.